The average molecular weight is 423 g/mol. The molecular formula is C20H25N9O2. The highest BCUT2D eigenvalue weighted by atomic mass is 16.6. The van der Waals surface area contributed by atoms with Gasteiger partial charge < -0.3 is 5.73 Å². The number of likely N-dealkylation sites (tertiary alicyclic amines) is 1. The van der Waals surface area contributed by atoms with E-state index in [0.717, 1.165) is 31.5 Å². The van der Waals surface area contributed by atoms with Crippen molar-refractivity contribution in [2.24, 2.45) is 5.10 Å². The molecule has 3 aromatic rings. The number of nitrogens with two attached hydrogens (primary N) is 1. The van der Waals surface area contributed by atoms with Gasteiger partial charge in [-0.2, -0.15) is 9.78 Å². The van der Waals surface area contributed by atoms with Gasteiger partial charge in [0.2, 0.25) is 11.6 Å². The van der Waals surface area contributed by atoms with E-state index in [4.69, 9.17) is 10.4 Å². The number of hydrazone groups is 1. The fourth-order valence-electron chi connectivity index (χ4n) is 3.56. The first-order valence-corrected chi connectivity index (χ1v) is 10.3. The maximum absolute atomic E-state index is 12.8. The number of nitrogens with one attached hydrogen (secondary N) is 1. The molecule has 2 aromatic heterocycles. The Kier molecular flexibility index (Phi) is 6.32. The second-order valence-corrected chi connectivity index (χ2v) is 7.52. The van der Waals surface area contributed by atoms with E-state index >= 15 is 0 Å². The van der Waals surface area contributed by atoms with Crippen molar-refractivity contribution in [3.05, 3.63) is 47.3 Å². The lowest BCUT2D eigenvalue weighted by atomic mass is 10.0. The van der Waals surface area contributed by atoms with Crippen LogP contribution in [0.25, 0.3) is 5.82 Å². The number of anilines is 1. The fraction of sp³-hybridized carbons (Fsp3) is 0.400. The van der Waals surface area contributed by atoms with E-state index in [2.05, 4.69) is 36.1 Å². The smallest absolute Gasteiger partial charge is 0.293 e. The third-order valence-corrected chi connectivity index (χ3v) is 5.29. The number of carbonyl (C=O) groups excluding carboxylic acids is 1. The van der Waals surface area contributed by atoms with Gasteiger partial charge in [0.15, 0.2) is 5.69 Å². The number of carbonyl (C=O) groups is 1. The van der Waals surface area contributed by atoms with Crippen LogP contribution >= 0.6 is 0 Å². The van der Waals surface area contributed by atoms with Crippen LogP contribution in [0.5, 0.6) is 0 Å². The topological polar surface area (TPSA) is 140 Å². The zero-order chi connectivity index (χ0) is 21.6. The van der Waals surface area contributed by atoms with Crippen LogP contribution in [0.1, 0.15) is 53.8 Å². The molecule has 1 amide bonds. The number of hydrogen-bond acceptors (Lipinski definition) is 9. The quantitative estimate of drug-likeness (QED) is 0.432. The van der Waals surface area contributed by atoms with Crippen LogP contribution in [-0.2, 0) is 6.54 Å². The van der Waals surface area contributed by atoms with Crippen molar-refractivity contribution in [2.45, 2.75) is 38.6 Å². The minimum atomic E-state index is -0.454. The zero-order valence-electron chi connectivity index (χ0n) is 17.3. The fourth-order valence-corrected chi connectivity index (χ4v) is 3.56. The first kappa shape index (κ1) is 20.7. The van der Waals surface area contributed by atoms with Gasteiger partial charge in [0, 0.05) is 18.7 Å². The molecule has 3 heterocycles. The number of rotatable bonds is 7. The molecule has 1 unspecified atom stereocenters. The summed E-state index contributed by atoms with van der Waals surface area (Å²) in [5, 5.41) is 19.7. The van der Waals surface area contributed by atoms with Crippen LogP contribution < -0.4 is 11.2 Å². The lowest BCUT2D eigenvalue weighted by Crippen LogP contribution is -2.31. The van der Waals surface area contributed by atoms with Gasteiger partial charge >= 0.3 is 0 Å². The molecule has 1 aliphatic heterocycles. The van der Waals surface area contributed by atoms with Crippen LogP contribution in [0.3, 0.4) is 0 Å². The Morgan fingerprint density at radius 2 is 2.03 bits per heavy atom. The number of nitrogens with zero attached hydrogens (tertiary/aromatic N) is 7. The van der Waals surface area contributed by atoms with Gasteiger partial charge in [-0.3, -0.25) is 9.69 Å². The normalized spacial score (nSPS) is 15.9. The Morgan fingerprint density at radius 3 is 2.74 bits per heavy atom. The lowest BCUT2D eigenvalue weighted by molar-refractivity contribution is 0.0947. The highest BCUT2D eigenvalue weighted by Gasteiger charge is 2.26. The minimum Gasteiger partial charge on any atom is -0.378 e. The number of hydrogen-bond donors (Lipinski definition) is 2. The van der Waals surface area contributed by atoms with E-state index in [1.807, 2.05) is 37.3 Å². The third kappa shape index (κ3) is 4.77. The van der Waals surface area contributed by atoms with Crippen LogP contribution in [0, 0.1) is 0 Å². The van der Waals surface area contributed by atoms with Gasteiger partial charge in [-0.1, -0.05) is 48.9 Å². The summed E-state index contributed by atoms with van der Waals surface area (Å²) in [6.45, 7) is 4.35. The molecule has 1 aliphatic rings. The number of benzene rings is 1. The SMILES string of the molecule is CC(C=NNC(=O)c1nnn(-c2nonc2N)c1CN1CCCCC1)c1ccccc1. The molecule has 0 spiro atoms. The maximum atomic E-state index is 12.8. The van der Waals surface area contributed by atoms with Gasteiger partial charge in [-0.25, -0.2) is 10.1 Å². The molecular weight excluding hydrogens is 398 g/mol. The minimum absolute atomic E-state index is 0.0472. The standard InChI is InChI=1S/C20H25N9O2/c1-14(15-8-4-2-5-9-15)12-22-24-20(30)17-16(13-28-10-6-3-7-11-28)29(27-23-17)19-18(21)25-31-26-19/h2,4-5,8-9,12,14H,3,6-7,10-11,13H2,1H3,(H2,21,25)(H,24,30). The summed E-state index contributed by atoms with van der Waals surface area (Å²) in [5.41, 5.74) is 10.2. The predicted molar refractivity (Wildman–Crippen MR) is 114 cm³/mol. The second-order valence-electron chi connectivity index (χ2n) is 7.52. The van der Waals surface area contributed by atoms with E-state index in [9.17, 15) is 4.79 Å². The molecule has 162 valence electrons. The summed E-state index contributed by atoms with van der Waals surface area (Å²) < 4.78 is 6.10. The van der Waals surface area contributed by atoms with Crippen molar-refractivity contribution in [3.63, 3.8) is 0 Å². The summed E-state index contributed by atoms with van der Waals surface area (Å²) in [6, 6.07) is 9.91. The zero-order valence-corrected chi connectivity index (χ0v) is 17.3. The Balaban J connectivity index is 1.53. The molecule has 3 N–H and O–H groups in total. The van der Waals surface area contributed by atoms with Crippen molar-refractivity contribution < 1.29 is 9.42 Å². The average Bonchev–Trinajstić information content (AvgIpc) is 3.40. The summed E-state index contributed by atoms with van der Waals surface area (Å²) >= 11 is 0. The van der Waals surface area contributed by atoms with E-state index in [-0.39, 0.29) is 23.2 Å². The first-order chi connectivity index (χ1) is 15.1. The molecule has 1 aromatic carbocycles. The Morgan fingerprint density at radius 1 is 1.26 bits per heavy atom. The summed E-state index contributed by atoms with van der Waals surface area (Å²) in [6.07, 6.45) is 5.11. The molecule has 0 saturated carbocycles. The summed E-state index contributed by atoms with van der Waals surface area (Å²) in [4.78, 5) is 15.1. The second kappa shape index (κ2) is 9.47. The van der Waals surface area contributed by atoms with Crippen molar-refractivity contribution in [1.82, 2.24) is 35.6 Å². The van der Waals surface area contributed by atoms with Gasteiger partial charge in [0.1, 0.15) is 0 Å². The van der Waals surface area contributed by atoms with Gasteiger partial charge in [-0.15, -0.1) is 5.10 Å². The number of piperidine rings is 1. The van der Waals surface area contributed by atoms with Crippen molar-refractivity contribution in [3.8, 4) is 5.82 Å². The molecule has 1 saturated heterocycles. The molecule has 0 radical (unpaired) electrons. The summed E-state index contributed by atoms with van der Waals surface area (Å²) in [7, 11) is 0. The maximum Gasteiger partial charge on any atom is 0.293 e. The van der Waals surface area contributed by atoms with Gasteiger partial charge in [0.05, 0.1) is 5.69 Å². The largest absolute Gasteiger partial charge is 0.378 e. The Hall–Kier alpha value is -3.60. The van der Waals surface area contributed by atoms with E-state index in [1.54, 1.807) is 6.21 Å². The highest BCUT2D eigenvalue weighted by molar-refractivity contribution is 5.93. The molecule has 0 bridgehead atoms. The van der Waals surface area contributed by atoms with Crippen LogP contribution in [0.2, 0.25) is 0 Å². The van der Waals surface area contributed by atoms with Crippen LogP contribution in [-0.4, -0.2) is 55.4 Å². The van der Waals surface area contributed by atoms with E-state index in [1.165, 1.54) is 11.1 Å². The molecule has 0 aliphatic carbocycles. The van der Waals surface area contributed by atoms with Crippen LogP contribution in [0.4, 0.5) is 5.82 Å². The first-order valence-electron chi connectivity index (χ1n) is 10.3. The highest BCUT2D eigenvalue weighted by Crippen LogP contribution is 2.20. The van der Waals surface area contributed by atoms with E-state index in [0.29, 0.717) is 12.2 Å². The number of aromatic nitrogens is 5. The van der Waals surface area contributed by atoms with E-state index < -0.39 is 5.91 Å². The van der Waals surface area contributed by atoms with Crippen molar-refractivity contribution >= 4 is 17.9 Å². The van der Waals surface area contributed by atoms with Crippen molar-refractivity contribution in [1.29, 1.82) is 0 Å². The monoisotopic (exact) mass is 423 g/mol. The molecule has 31 heavy (non-hydrogen) atoms. The van der Waals surface area contributed by atoms with Gasteiger partial charge in [0.25, 0.3) is 5.91 Å². The molecule has 4 rings (SSSR count). The van der Waals surface area contributed by atoms with Gasteiger partial charge in [-0.05, 0) is 41.8 Å². The number of amides is 1. The summed E-state index contributed by atoms with van der Waals surface area (Å²) in [5.74, 6) is -0.123. The molecule has 11 nitrogen and oxygen atoms in total. The van der Waals surface area contributed by atoms with Crippen LogP contribution in [0.15, 0.2) is 40.1 Å². The van der Waals surface area contributed by atoms with Crippen molar-refractivity contribution in [2.75, 3.05) is 18.8 Å². The molecule has 11 heteroatoms. The molecule has 1 fully saturated rings. The Labute approximate surface area is 179 Å². The predicted octanol–water partition coefficient (Wildman–Crippen LogP) is 1.74. The molecule has 1 atom stereocenters. The lowest BCUT2D eigenvalue weighted by Gasteiger charge is -2.26. The number of nitrogen functional groups attached to an aromatic ring is 1. The Bertz CT molecular complexity index is 1040. The third-order valence-electron chi connectivity index (χ3n) is 5.29.